The molecule has 0 spiro atoms. The molecule has 2 aromatic rings. The molecule has 2 heterocycles. The first-order valence-electron chi connectivity index (χ1n) is 7.05. The highest BCUT2D eigenvalue weighted by atomic mass is 16.1. The second-order valence-corrected chi connectivity index (χ2v) is 5.40. The summed E-state index contributed by atoms with van der Waals surface area (Å²) in [5, 5.41) is 7.77. The van der Waals surface area contributed by atoms with E-state index in [0.717, 1.165) is 30.8 Å². The van der Waals surface area contributed by atoms with Crippen molar-refractivity contribution in [2.24, 2.45) is 0 Å². The third-order valence-electron chi connectivity index (χ3n) is 3.93. The minimum Gasteiger partial charge on any atom is -0.383 e. The molecule has 1 aromatic carbocycles. The van der Waals surface area contributed by atoms with Gasteiger partial charge in [-0.3, -0.25) is 4.79 Å². The molecule has 1 aliphatic heterocycles. The van der Waals surface area contributed by atoms with E-state index in [4.69, 9.17) is 0 Å². The Kier molecular flexibility index (Phi) is 3.30. The Morgan fingerprint density at radius 3 is 2.80 bits per heavy atom. The number of aromatic nitrogens is 2. The van der Waals surface area contributed by atoms with Crippen molar-refractivity contribution in [2.45, 2.75) is 33.2 Å². The first-order valence-corrected chi connectivity index (χ1v) is 7.05. The van der Waals surface area contributed by atoms with Gasteiger partial charge in [0.1, 0.15) is 0 Å². The third kappa shape index (κ3) is 2.33. The fraction of sp³-hybridized carbons (Fsp3) is 0.375. The average molecular weight is 269 g/mol. The van der Waals surface area contributed by atoms with E-state index >= 15 is 0 Å². The van der Waals surface area contributed by atoms with Crippen LogP contribution in [0.4, 0.5) is 5.69 Å². The molecular weight excluding hydrogens is 250 g/mol. The maximum absolute atomic E-state index is 12.2. The summed E-state index contributed by atoms with van der Waals surface area (Å²) in [6.07, 6.45) is 2.01. The Hall–Kier alpha value is -2.10. The molecule has 1 aliphatic rings. The van der Waals surface area contributed by atoms with Crippen molar-refractivity contribution in [2.75, 3.05) is 11.9 Å². The van der Waals surface area contributed by atoms with Gasteiger partial charge in [0.15, 0.2) is 0 Å². The summed E-state index contributed by atoms with van der Waals surface area (Å²) in [4.78, 5) is 12.2. The summed E-state index contributed by atoms with van der Waals surface area (Å²) in [5.74, 6) is 0. The van der Waals surface area contributed by atoms with E-state index < -0.39 is 0 Å². The van der Waals surface area contributed by atoms with Gasteiger partial charge in [0.05, 0.1) is 17.9 Å². The van der Waals surface area contributed by atoms with Crippen LogP contribution in [0.25, 0.3) is 0 Å². The highest BCUT2D eigenvalue weighted by molar-refractivity contribution is 5.48. The monoisotopic (exact) mass is 269 g/mol. The zero-order chi connectivity index (χ0) is 14.1. The molecule has 0 unspecified atom stereocenters. The predicted octanol–water partition coefficient (Wildman–Crippen LogP) is 2.27. The Morgan fingerprint density at radius 1 is 1.30 bits per heavy atom. The number of aryl methyl sites for hydroxylation is 3. The standard InChI is InChI=1S/C16H19N3O/c1-11-5-3-6-12(2)13(11)10-19-16(20)9-15-14(18-19)7-4-8-17-15/h3,5-6,9,17H,4,7-8,10H2,1-2H3. The highest BCUT2D eigenvalue weighted by Gasteiger charge is 2.13. The summed E-state index contributed by atoms with van der Waals surface area (Å²) in [7, 11) is 0. The van der Waals surface area contributed by atoms with Crippen molar-refractivity contribution in [3.8, 4) is 0 Å². The van der Waals surface area contributed by atoms with Gasteiger partial charge in [-0.1, -0.05) is 18.2 Å². The normalized spacial score (nSPS) is 13.7. The number of benzene rings is 1. The van der Waals surface area contributed by atoms with Crippen molar-refractivity contribution in [3.05, 3.63) is 57.0 Å². The lowest BCUT2D eigenvalue weighted by Crippen LogP contribution is -2.28. The van der Waals surface area contributed by atoms with Crippen LogP contribution < -0.4 is 10.9 Å². The molecule has 0 saturated carbocycles. The Bertz CT molecular complexity index is 683. The van der Waals surface area contributed by atoms with Gasteiger partial charge < -0.3 is 5.32 Å². The maximum atomic E-state index is 12.2. The van der Waals surface area contributed by atoms with Crippen molar-refractivity contribution in [1.29, 1.82) is 0 Å². The van der Waals surface area contributed by atoms with Gasteiger partial charge in [-0.25, -0.2) is 4.68 Å². The van der Waals surface area contributed by atoms with Gasteiger partial charge in [0.2, 0.25) is 0 Å². The molecule has 0 radical (unpaired) electrons. The molecule has 1 aromatic heterocycles. The molecule has 4 heteroatoms. The van der Waals surface area contributed by atoms with Crippen molar-refractivity contribution >= 4 is 5.69 Å². The molecular formula is C16H19N3O. The number of anilines is 1. The van der Waals surface area contributed by atoms with Crippen LogP contribution in [0.15, 0.2) is 29.1 Å². The van der Waals surface area contributed by atoms with Gasteiger partial charge in [0, 0.05) is 12.6 Å². The molecule has 0 bridgehead atoms. The summed E-state index contributed by atoms with van der Waals surface area (Å²) < 4.78 is 1.58. The zero-order valence-electron chi connectivity index (χ0n) is 11.9. The van der Waals surface area contributed by atoms with Gasteiger partial charge >= 0.3 is 0 Å². The lowest BCUT2D eigenvalue weighted by Gasteiger charge is -2.18. The maximum Gasteiger partial charge on any atom is 0.269 e. The SMILES string of the molecule is Cc1cccc(C)c1Cn1nc2c(cc1=O)NCCC2. The number of hydrogen-bond donors (Lipinski definition) is 1. The summed E-state index contributed by atoms with van der Waals surface area (Å²) >= 11 is 0. The van der Waals surface area contributed by atoms with Crippen LogP contribution in [0.5, 0.6) is 0 Å². The van der Waals surface area contributed by atoms with Gasteiger partial charge in [-0.2, -0.15) is 5.10 Å². The molecule has 104 valence electrons. The molecule has 0 atom stereocenters. The molecule has 20 heavy (non-hydrogen) atoms. The van der Waals surface area contributed by atoms with Crippen LogP contribution in [-0.4, -0.2) is 16.3 Å². The number of rotatable bonds is 2. The molecule has 0 aliphatic carbocycles. The molecule has 0 saturated heterocycles. The van der Waals surface area contributed by atoms with Crippen LogP contribution in [-0.2, 0) is 13.0 Å². The van der Waals surface area contributed by atoms with E-state index in [-0.39, 0.29) is 5.56 Å². The quantitative estimate of drug-likeness (QED) is 0.909. The minimum absolute atomic E-state index is 0.0409. The van der Waals surface area contributed by atoms with E-state index in [9.17, 15) is 4.79 Å². The predicted molar refractivity (Wildman–Crippen MR) is 80.3 cm³/mol. The topological polar surface area (TPSA) is 46.9 Å². The molecule has 0 amide bonds. The Labute approximate surface area is 118 Å². The van der Waals surface area contributed by atoms with E-state index in [2.05, 4.69) is 36.4 Å². The van der Waals surface area contributed by atoms with E-state index in [1.54, 1.807) is 10.7 Å². The fourth-order valence-electron chi connectivity index (χ4n) is 2.71. The number of hydrogen-bond acceptors (Lipinski definition) is 3. The van der Waals surface area contributed by atoms with E-state index in [1.165, 1.54) is 16.7 Å². The van der Waals surface area contributed by atoms with E-state index in [1.807, 2.05) is 6.07 Å². The summed E-state index contributed by atoms with van der Waals surface area (Å²) in [6, 6.07) is 7.87. The fourth-order valence-corrected chi connectivity index (χ4v) is 2.71. The van der Waals surface area contributed by atoms with Crippen LogP contribution in [0.3, 0.4) is 0 Å². The lowest BCUT2D eigenvalue weighted by atomic mass is 10.0. The minimum atomic E-state index is -0.0409. The molecule has 1 N–H and O–H groups in total. The average Bonchev–Trinajstić information content (AvgIpc) is 2.43. The van der Waals surface area contributed by atoms with Gasteiger partial charge in [-0.15, -0.1) is 0 Å². The number of fused-ring (bicyclic) bond motifs is 1. The second-order valence-electron chi connectivity index (χ2n) is 5.40. The molecule has 0 fully saturated rings. The first kappa shape index (κ1) is 12.9. The highest BCUT2D eigenvalue weighted by Crippen LogP contribution is 2.18. The summed E-state index contributed by atoms with van der Waals surface area (Å²) in [5.41, 5.74) is 5.46. The van der Waals surface area contributed by atoms with Gasteiger partial charge in [0.25, 0.3) is 5.56 Å². The lowest BCUT2D eigenvalue weighted by molar-refractivity contribution is 0.605. The number of nitrogens with zero attached hydrogens (tertiary/aromatic N) is 2. The summed E-state index contributed by atoms with van der Waals surface area (Å²) in [6.45, 7) is 5.63. The zero-order valence-corrected chi connectivity index (χ0v) is 11.9. The second kappa shape index (κ2) is 5.12. The van der Waals surface area contributed by atoms with Crippen LogP contribution in [0, 0.1) is 13.8 Å². The van der Waals surface area contributed by atoms with Crippen molar-refractivity contribution in [3.63, 3.8) is 0 Å². The van der Waals surface area contributed by atoms with Crippen molar-refractivity contribution < 1.29 is 0 Å². The number of nitrogens with one attached hydrogen (secondary N) is 1. The Balaban J connectivity index is 2.01. The molecule has 4 nitrogen and oxygen atoms in total. The van der Waals surface area contributed by atoms with Crippen LogP contribution >= 0.6 is 0 Å². The third-order valence-corrected chi connectivity index (χ3v) is 3.93. The van der Waals surface area contributed by atoms with Crippen molar-refractivity contribution in [1.82, 2.24) is 9.78 Å². The van der Waals surface area contributed by atoms with Crippen LogP contribution in [0.1, 0.15) is 28.8 Å². The Morgan fingerprint density at radius 2 is 2.05 bits per heavy atom. The van der Waals surface area contributed by atoms with Gasteiger partial charge in [-0.05, 0) is 43.4 Å². The smallest absolute Gasteiger partial charge is 0.269 e. The molecule has 3 rings (SSSR count). The van der Waals surface area contributed by atoms with Crippen LogP contribution in [0.2, 0.25) is 0 Å². The largest absolute Gasteiger partial charge is 0.383 e. The van der Waals surface area contributed by atoms with E-state index in [0.29, 0.717) is 6.54 Å². The first-order chi connectivity index (χ1) is 9.65.